The molecule has 5 nitrogen and oxygen atoms in total. The van der Waals surface area contributed by atoms with E-state index in [1.165, 1.54) is 0 Å². The minimum atomic E-state index is -0.906. The van der Waals surface area contributed by atoms with Gasteiger partial charge in [-0.25, -0.2) is 4.79 Å². The Morgan fingerprint density at radius 3 is 1.95 bits per heavy atom. The summed E-state index contributed by atoms with van der Waals surface area (Å²) in [6.45, 7) is 10.3. The quantitative estimate of drug-likeness (QED) is 0.458. The van der Waals surface area contributed by atoms with Crippen LogP contribution in [0, 0.1) is 0 Å². The van der Waals surface area contributed by atoms with E-state index < -0.39 is 23.6 Å². The third-order valence-corrected chi connectivity index (χ3v) is 2.61. The summed E-state index contributed by atoms with van der Waals surface area (Å²) < 4.78 is 15.9. The van der Waals surface area contributed by atoms with Crippen molar-refractivity contribution >= 4 is 11.9 Å². The summed E-state index contributed by atoms with van der Waals surface area (Å²) in [6.07, 6.45) is 2.50. The molecule has 0 aromatic rings. The van der Waals surface area contributed by atoms with Gasteiger partial charge in [0.05, 0.1) is 25.2 Å². The summed E-state index contributed by atoms with van der Waals surface area (Å²) >= 11 is 0. The number of rotatable bonds is 10. The van der Waals surface area contributed by atoms with Gasteiger partial charge in [-0.05, 0) is 33.6 Å². The number of carbonyl (C=O) groups excluding carboxylic acids is 2. The lowest BCUT2D eigenvalue weighted by molar-refractivity contribution is -0.172. The van der Waals surface area contributed by atoms with E-state index in [0.717, 1.165) is 25.7 Å². The van der Waals surface area contributed by atoms with Crippen molar-refractivity contribution in [3.63, 3.8) is 0 Å². The lowest BCUT2D eigenvalue weighted by Gasteiger charge is -2.25. The van der Waals surface area contributed by atoms with Gasteiger partial charge in [-0.3, -0.25) is 4.79 Å². The zero-order valence-electron chi connectivity index (χ0n) is 14.1. The summed E-state index contributed by atoms with van der Waals surface area (Å²) in [5.41, 5.74) is -0.530. The van der Waals surface area contributed by atoms with Crippen LogP contribution in [0.1, 0.15) is 66.7 Å². The minimum Gasteiger partial charge on any atom is -0.466 e. The molecule has 0 heterocycles. The molecule has 0 N–H and O–H groups in total. The number of unbranched alkanes of at least 4 members (excludes halogenated alkanes) is 2. The SMILES string of the molecule is CCCCOC(=O)CC(OC(C)(C)C)C(=O)OCCCC. The highest BCUT2D eigenvalue weighted by molar-refractivity contribution is 5.81. The molecular formula is C16H30O5. The Morgan fingerprint density at radius 2 is 1.48 bits per heavy atom. The average molecular weight is 302 g/mol. The third kappa shape index (κ3) is 11.3. The van der Waals surface area contributed by atoms with E-state index >= 15 is 0 Å². The number of hydrogen-bond acceptors (Lipinski definition) is 5. The Bertz CT molecular complexity index is 306. The monoisotopic (exact) mass is 302 g/mol. The second-order valence-corrected chi connectivity index (χ2v) is 6.02. The fraction of sp³-hybridized carbons (Fsp3) is 0.875. The van der Waals surface area contributed by atoms with Gasteiger partial charge in [0.2, 0.25) is 0 Å². The van der Waals surface area contributed by atoms with E-state index in [4.69, 9.17) is 14.2 Å². The van der Waals surface area contributed by atoms with Gasteiger partial charge >= 0.3 is 11.9 Å². The molecule has 0 aromatic carbocycles. The van der Waals surface area contributed by atoms with Gasteiger partial charge in [0.1, 0.15) is 0 Å². The van der Waals surface area contributed by atoms with Gasteiger partial charge in [0.15, 0.2) is 6.10 Å². The minimum absolute atomic E-state index is 0.105. The Morgan fingerprint density at radius 1 is 0.952 bits per heavy atom. The lowest BCUT2D eigenvalue weighted by Crippen LogP contribution is -2.36. The van der Waals surface area contributed by atoms with E-state index in [2.05, 4.69) is 0 Å². The van der Waals surface area contributed by atoms with E-state index in [1.54, 1.807) is 0 Å². The fourth-order valence-corrected chi connectivity index (χ4v) is 1.55. The molecule has 124 valence electrons. The van der Waals surface area contributed by atoms with Crippen molar-refractivity contribution in [1.82, 2.24) is 0 Å². The van der Waals surface area contributed by atoms with Crippen LogP contribution in [0.5, 0.6) is 0 Å². The van der Waals surface area contributed by atoms with Crippen molar-refractivity contribution in [2.24, 2.45) is 0 Å². The summed E-state index contributed by atoms with van der Waals surface area (Å²) in [6, 6.07) is 0. The van der Waals surface area contributed by atoms with Gasteiger partial charge in [0.25, 0.3) is 0 Å². The van der Waals surface area contributed by atoms with E-state index in [0.29, 0.717) is 13.2 Å². The topological polar surface area (TPSA) is 61.8 Å². The normalized spacial score (nSPS) is 12.8. The molecule has 0 amide bonds. The van der Waals surface area contributed by atoms with Gasteiger partial charge in [-0.2, -0.15) is 0 Å². The first-order valence-corrected chi connectivity index (χ1v) is 7.80. The highest BCUT2D eigenvalue weighted by atomic mass is 16.6. The van der Waals surface area contributed by atoms with Crippen LogP contribution in [0.25, 0.3) is 0 Å². The molecule has 1 unspecified atom stereocenters. The maximum absolute atomic E-state index is 12.0. The Kier molecular flexibility index (Phi) is 10.0. The number of hydrogen-bond donors (Lipinski definition) is 0. The van der Waals surface area contributed by atoms with Crippen LogP contribution in [0.3, 0.4) is 0 Å². The van der Waals surface area contributed by atoms with Crippen molar-refractivity contribution in [1.29, 1.82) is 0 Å². The number of ether oxygens (including phenoxy) is 3. The van der Waals surface area contributed by atoms with Crippen LogP contribution in [0.15, 0.2) is 0 Å². The summed E-state index contributed by atoms with van der Waals surface area (Å²) in [7, 11) is 0. The second-order valence-electron chi connectivity index (χ2n) is 6.02. The molecule has 0 aliphatic heterocycles. The molecule has 1 atom stereocenters. The maximum Gasteiger partial charge on any atom is 0.335 e. The predicted octanol–water partition coefficient (Wildman–Crippen LogP) is 3.25. The lowest BCUT2D eigenvalue weighted by atomic mass is 10.1. The van der Waals surface area contributed by atoms with Crippen molar-refractivity contribution in [2.45, 2.75) is 78.4 Å². The summed E-state index contributed by atoms with van der Waals surface area (Å²) in [4.78, 5) is 23.7. The van der Waals surface area contributed by atoms with Crippen molar-refractivity contribution < 1.29 is 23.8 Å². The molecule has 0 bridgehead atoms. The fourth-order valence-electron chi connectivity index (χ4n) is 1.55. The van der Waals surface area contributed by atoms with E-state index in [1.807, 2.05) is 34.6 Å². The van der Waals surface area contributed by atoms with Crippen molar-refractivity contribution in [2.75, 3.05) is 13.2 Å². The van der Waals surface area contributed by atoms with Crippen LogP contribution in [0.4, 0.5) is 0 Å². The first-order valence-electron chi connectivity index (χ1n) is 7.80. The van der Waals surface area contributed by atoms with Gasteiger partial charge in [-0.15, -0.1) is 0 Å². The summed E-state index contributed by atoms with van der Waals surface area (Å²) in [5.74, 6) is -0.920. The number of esters is 2. The van der Waals surface area contributed by atoms with Crippen LogP contribution in [-0.4, -0.2) is 36.9 Å². The molecule has 0 saturated heterocycles. The van der Waals surface area contributed by atoms with Gasteiger partial charge in [0, 0.05) is 0 Å². The zero-order chi connectivity index (χ0) is 16.3. The van der Waals surface area contributed by atoms with Crippen LogP contribution in [-0.2, 0) is 23.8 Å². The predicted molar refractivity (Wildman–Crippen MR) is 81.0 cm³/mol. The molecule has 0 aromatic heterocycles. The Balaban J connectivity index is 4.44. The molecule has 0 fully saturated rings. The molecule has 0 aliphatic carbocycles. The standard InChI is InChI=1S/C16H30O5/c1-6-8-10-19-14(17)12-13(21-16(3,4)5)15(18)20-11-9-7-2/h13H,6-12H2,1-5H3. The van der Waals surface area contributed by atoms with Crippen molar-refractivity contribution in [3.05, 3.63) is 0 Å². The van der Waals surface area contributed by atoms with Crippen LogP contribution in [0.2, 0.25) is 0 Å². The van der Waals surface area contributed by atoms with E-state index in [9.17, 15) is 9.59 Å². The molecule has 0 aliphatic rings. The van der Waals surface area contributed by atoms with Gasteiger partial charge < -0.3 is 14.2 Å². The van der Waals surface area contributed by atoms with Crippen LogP contribution >= 0.6 is 0 Å². The molecule has 0 saturated carbocycles. The summed E-state index contributed by atoms with van der Waals surface area (Å²) in [5, 5.41) is 0. The second kappa shape index (κ2) is 10.6. The maximum atomic E-state index is 12.0. The van der Waals surface area contributed by atoms with Crippen molar-refractivity contribution in [3.8, 4) is 0 Å². The molecule has 21 heavy (non-hydrogen) atoms. The van der Waals surface area contributed by atoms with Crippen LogP contribution < -0.4 is 0 Å². The molecular weight excluding hydrogens is 272 g/mol. The highest BCUT2D eigenvalue weighted by Crippen LogP contribution is 2.15. The van der Waals surface area contributed by atoms with Gasteiger partial charge in [-0.1, -0.05) is 26.7 Å². The smallest absolute Gasteiger partial charge is 0.335 e. The Labute approximate surface area is 128 Å². The molecule has 0 radical (unpaired) electrons. The molecule has 0 rings (SSSR count). The molecule has 5 heteroatoms. The van der Waals surface area contributed by atoms with E-state index in [-0.39, 0.29) is 6.42 Å². The first-order chi connectivity index (χ1) is 9.80. The molecule has 0 spiro atoms. The number of carbonyl (C=O) groups is 2. The Hall–Kier alpha value is -1.10. The third-order valence-electron chi connectivity index (χ3n) is 2.61. The zero-order valence-corrected chi connectivity index (χ0v) is 14.1. The first kappa shape index (κ1) is 19.9. The largest absolute Gasteiger partial charge is 0.466 e. The highest BCUT2D eigenvalue weighted by Gasteiger charge is 2.29. The average Bonchev–Trinajstić information content (AvgIpc) is 2.37.